The molecule has 2 N–H and O–H groups in total. The lowest BCUT2D eigenvalue weighted by molar-refractivity contribution is 0.767. The second-order valence-electron chi connectivity index (χ2n) is 7.44. The number of anilines is 2. The van der Waals surface area contributed by atoms with Gasteiger partial charge in [0.05, 0.1) is 17.6 Å². The van der Waals surface area contributed by atoms with Crippen LogP contribution in [0.15, 0.2) is 66.7 Å². The normalized spacial score (nSPS) is 15.6. The van der Waals surface area contributed by atoms with Crippen molar-refractivity contribution >= 4 is 11.4 Å². The SMILES string of the molecule is CCN(CC)c1cc2c(c3c1C3(c1ccccc1)c1ccccc1)N(N)C2. The van der Waals surface area contributed by atoms with Crippen molar-refractivity contribution in [1.29, 1.82) is 0 Å². The number of nitrogens with two attached hydrogens (primary N) is 1. The van der Waals surface area contributed by atoms with Crippen LogP contribution in [0.5, 0.6) is 0 Å². The molecule has 0 atom stereocenters. The van der Waals surface area contributed by atoms with E-state index in [2.05, 4.69) is 85.5 Å². The third-order valence-corrected chi connectivity index (χ3v) is 6.19. The summed E-state index contributed by atoms with van der Waals surface area (Å²) in [4.78, 5) is 2.48. The highest BCUT2D eigenvalue weighted by Crippen LogP contribution is 2.67. The quantitative estimate of drug-likeness (QED) is 0.538. The number of rotatable bonds is 5. The Kier molecular flexibility index (Phi) is 3.56. The molecular formula is C24H25N3. The highest BCUT2D eigenvalue weighted by molar-refractivity contribution is 5.94. The fourth-order valence-electron chi connectivity index (χ4n) is 4.92. The third kappa shape index (κ3) is 2.06. The molecule has 0 saturated carbocycles. The summed E-state index contributed by atoms with van der Waals surface area (Å²) >= 11 is 0. The largest absolute Gasteiger partial charge is 0.372 e. The molecule has 0 spiro atoms. The summed E-state index contributed by atoms with van der Waals surface area (Å²) in [5, 5.41) is 1.91. The van der Waals surface area contributed by atoms with Crippen LogP contribution in [-0.2, 0) is 12.0 Å². The minimum atomic E-state index is -0.188. The molecule has 0 amide bonds. The van der Waals surface area contributed by atoms with Crippen molar-refractivity contribution in [3.05, 3.63) is 94.5 Å². The average Bonchev–Trinajstić information content (AvgIpc) is 3.38. The second kappa shape index (κ2) is 5.86. The summed E-state index contributed by atoms with van der Waals surface area (Å²) in [7, 11) is 0. The number of hydrazine groups is 1. The Morgan fingerprint density at radius 3 is 1.93 bits per heavy atom. The van der Waals surface area contributed by atoms with Gasteiger partial charge in [-0.05, 0) is 31.0 Å². The zero-order chi connectivity index (χ0) is 18.6. The molecule has 136 valence electrons. The van der Waals surface area contributed by atoms with Gasteiger partial charge in [0.2, 0.25) is 0 Å². The standard InChI is InChI=1S/C24H25N3/c1-3-26(4-2)20-15-17-16-27(25)23(17)22-21(20)24(22,18-11-7-5-8-12-18)19-13-9-6-10-14-19/h5-15H,3-4,16,25H2,1-2H3. The summed E-state index contributed by atoms with van der Waals surface area (Å²) in [5.74, 6) is 6.31. The lowest BCUT2D eigenvalue weighted by Gasteiger charge is -2.33. The van der Waals surface area contributed by atoms with Crippen molar-refractivity contribution in [1.82, 2.24) is 0 Å². The average molecular weight is 355 g/mol. The Balaban J connectivity index is 1.82. The molecule has 2 aliphatic rings. The molecule has 0 aromatic heterocycles. The Hall–Kier alpha value is -2.78. The highest BCUT2D eigenvalue weighted by atomic mass is 15.4. The van der Waals surface area contributed by atoms with Crippen LogP contribution in [0.2, 0.25) is 0 Å². The zero-order valence-electron chi connectivity index (χ0n) is 15.9. The monoisotopic (exact) mass is 355 g/mol. The van der Waals surface area contributed by atoms with Gasteiger partial charge in [0.25, 0.3) is 0 Å². The molecule has 27 heavy (non-hydrogen) atoms. The Morgan fingerprint density at radius 2 is 1.44 bits per heavy atom. The van der Waals surface area contributed by atoms with Crippen LogP contribution in [-0.4, -0.2) is 13.1 Å². The van der Waals surface area contributed by atoms with Crippen LogP contribution >= 0.6 is 0 Å². The molecule has 0 radical (unpaired) electrons. The van der Waals surface area contributed by atoms with Crippen LogP contribution in [0.3, 0.4) is 0 Å². The topological polar surface area (TPSA) is 32.5 Å². The number of nitrogens with zero attached hydrogens (tertiary/aromatic N) is 2. The maximum Gasteiger partial charge on any atom is 0.0750 e. The highest BCUT2D eigenvalue weighted by Gasteiger charge is 2.59. The van der Waals surface area contributed by atoms with E-state index in [0.29, 0.717) is 0 Å². The molecule has 3 aromatic rings. The van der Waals surface area contributed by atoms with E-state index in [1.54, 1.807) is 0 Å². The maximum atomic E-state index is 6.31. The van der Waals surface area contributed by atoms with Gasteiger partial charge in [0.15, 0.2) is 0 Å². The lowest BCUT2D eigenvalue weighted by atomic mass is 9.83. The van der Waals surface area contributed by atoms with Gasteiger partial charge in [-0.15, -0.1) is 0 Å². The van der Waals surface area contributed by atoms with Crippen LogP contribution in [0.1, 0.15) is 41.7 Å². The van der Waals surface area contributed by atoms with E-state index in [1.165, 1.54) is 39.2 Å². The van der Waals surface area contributed by atoms with Crippen molar-refractivity contribution in [3.8, 4) is 0 Å². The number of fused-ring (bicyclic) bond motifs is 3. The second-order valence-corrected chi connectivity index (χ2v) is 7.44. The summed E-state index contributed by atoms with van der Waals surface area (Å²) in [5.41, 5.74) is 9.26. The van der Waals surface area contributed by atoms with Crippen molar-refractivity contribution in [3.63, 3.8) is 0 Å². The van der Waals surface area contributed by atoms with Crippen LogP contribution in [0.25, 0.3) is 0 Å². The Morgan fingerprint density at radius 1 is 0.889 bits per heavy atom. The summed E-state index contributed by atoms with van der Waals surface area (Å²) in [6.07, 6.45) is 0. The minimum Gasteiger partial charge on any atom is -0.372 e. The van der Waals surface area contributed by atoms with E-state index in [1.807, 2.05) is 5.01 Å². The van der Waals surface area contributed by atoms with Crippen molar-refractivity contribution in [2.45, 2.75) is 25.8 Å². The van der Waals surface area contributed by atoms with E-state index in [4.69, 9.17) is 5.84 Å². The summed E-state index contributed by atoms with van der Waals surface area (Å²) in [6.45, 7) is 7.32. The zero-order valence-corrected chi connectivity index (χ0v) is 15.9. The first kappa shape index (κ1) is 16.4. The van der Waals surface area contributed by atoms with Crippen LogP contribution in [0, 0.1) is 0 Å². The van der Waals surface area contributed by atoms with Crippen molar-refractivity contribution in [2.24, 2.45) is 5.84 Å². The molecule has 1 aliphatic carbocycles. The molecule has 0 fully saturated rings. The summed E-state index contributed by atoms with van der Waals surface area (Å²) in [6, 6.07) is 24.1. The van der Waals surface area contributed by atoms with Gasteiger partial charge in [-0.3, -0.25) is 0 Å². The van der Waals surface area contributed by atoms with Gasteiger partial charge < -0.3 is 9.91 Å². The number of hydrogen-bond acceptors (Lipinski definition) is 3. The molecule has 3 nitrogen and oxygen atoms in total. The molecule has 3 aromatic carbocycles. The lowest BCUT2D eigenvalue weighted by Crippen LogP contribution is -2.39. The van der Waals surface area contributed by atoms with Crippen molar-refractivity contribution in [2.75, 3.05) is 23.0 Å². The molecule has 1 aliphatic heterocycles. The van der Waals surface area contributed by atoms with Crippen molar-refractivity contribution < 1.29 is 0 Å². The smallest absolute Gasteiger partial charge is 0.0750 e. The molecule has 5 rings (SSSR count). The van der Waals surface area contributed by atoms with Gasteiger partial charge in [0, 0.05) is 35.5 Å². The maximum absolute atomic E-state index is 6.31. The van der Waals surface area contributed by atoms with Crippen LogP contribution < -0.4 is 15.8 Å². The van der Waals surface area contributed by atoms with Gasteiger partial charge in [-0.25, -0.2) is 5.84 Å². The van der Waals surface area contributed by atoms with Crippen LogP contribution in [0.4, 0.5) is 11.4 Å². The van der Waals surface area contributed by atoms with E-state index in [0.717, 1.165) is 19.6 Å². The molecule has 3 heteroatoms. The van der Waals surface area contributed by atoms with Gasteiger partial charge in [-0.1, -0.05) is 60.7 Å². The number of hydrogen-bond donors (Lipinski definition) is 1. The van der Waals surface area contributed by atoms with Gasteiger partial charge >= 0.3 is 0 Å². The minimum absolute atomic E-state index is 0.188. The number of benzene rings is 3. The van der Waals surface area contributed by atoms with Gasteiger partial charge in [-0.2, -0.15) is 0 Å². The fourth-order valence-corrected chi connectivity index (χ4v) is 4.92. The Labute approximate surface area is 161 Å². The predicted molar refractivity (Wildman–Crippen MR) is 112 cm³/mol. The summed E-state index contributed by atoms with van der Waals surface area (Å²) < 4.78 is 0. The predicted octanol–water partition coefficient (Wildman–Crippen LogP) is 4.42. The first-order valence-corrected chi connectivity index (χ1v) is 9.82. The van der Waals surface area contributed by atoms with E-state index < -0.39 is 0 Å². The molecule has 0 bridgehead atoms. The van der Waals surface area contributed by atoms with E-state index in [-0.39, 0.29) is 5.41 Å². The third-order valence-electron chi connectivity index (χ3n) is 6.19. The van der Waals surface area contributed by atoms with E-state index in [9.17, 15) is 0 Å². The van der Waals surface area contributed by atoms with Gasteiger partial charge in [0.1, 0.15) is 0 Å². The first-order valence-electron chi connectivity index (χ1n) is 9.82. The Bertz CT molecular complexity index is 952. The fraction of sp³-hybridized carbons (Fsp3) is 0.250. The molecule has 0 saturated heterocycles. The molecule has 0 unspecified atom stereocenters. The first-order chi connectivity index (χ1) is 13.2. The van der Waals surface area contributed by atoms with E-state index >= 15 is 0 Å². The molecule has 1 heterocycles. The molecular weight excluding hydrogens is 330 g/mol.